The van der Waals surface area contributed by atoms with Gasteiger partial charge < -0.3 is 5.32 Å². The molecule has 4 rings (SSSR count). The van der Waals surface area contributed by atoms with E-state index >= 15 is 0 Å². The van der Waals surface area contributed by atoms with Gasteiger partial charge in [0.05, 0.1) is 22.8 Å². The Labute approximate surface area is 153 Å². The van der Waals surface area contributed by atoms with Crippen molar-refractivity contribution in [2.75, 3.05) is 43.0 Å². The van der Waals surface area contributed by atoms with Crippen molar-refractivity contribution in [2.45, 2.75) is 23.8 Å². The third-order valence-electron chi connectivity index (χ3n) is 5.34. The number of anilines is 1. The number of sulfonamides is 1. The molecule has 2 saturated heterocycles. The van der Waals surface area contributed by atoms with Gasteiger partial charge in [-0.1, -0.05) is 0 Å². The number of benzene rings is 1. The lowest BCUT2D eigenvalue weighted by atomic mass is 10.2. The maximum atomic E-state index is 12.9. The molecule has 1 aromatic rings. The fourth-order valence-electron chi connectivity index (χ4n) is 3.89. The summed E-state index contributed by atoms with van der Waals surface area (Å²) in [5.41, 5.74) is 1.37. The molecule has 2 fully saturated rings. The summed E-state index contributed by atoms with van der Waals surface area (Å²) in [5, 5.41) is 2.70. The zero-order valence-corrected chi connectivity index (χ0v) is 15.9. The van der Waals surface area contributed by atoms with Crippen molar-refractivity contribution in [2.24, 2.45) is 0 Å². The first-order chi connectivity index (χ1) is 12.2. The van der Waals surface area contributed by atoms with E-state index in [1.54, 1.807) is 12.1 Å². The summed E-state index contributed by atoms with van der Waals surface area (Å²) in [4.78, 5) is 13.7. The summed E-state index contributed by atoms with van der Waals surface area (Å²) in [7, 11) is -6.57. The summed E-state index contributed by atoms with van der Waals surface area (Å²) in [6.07, 6.45) is 0.823. The Morgan fingerprint density at radius 2 is 1.85 bits per heavy atom. The number of nitrogens with zero attached hydrogens (tertiary/aromatic N) is 2. The lowest BCUT2D eigenvalue weighted by Gasteiger charge is -2.37. The third kappa shape index (κ3) is 3.26. The van der Waals surface area contributed by atoms with E-state index in [2.05, 4.69) is 10.2 Å². The molecule has 0 radical (unpaired) electrons. The van der Waals surface area contributed by atoms with Gasteiger partial charge in [0.25, 0.3) is 0 Å². The highest BCUT2D eigenvalue weighted by molar-refractivity contribution is 7.91. The molecule has 0 unspecified atom stereocenters. The summed E-state index contributed by atoms with van der Waals surface area (Å²) in [5.74, 6) is 0.263. The normalized spacial score (nSPS) is 26.6. The van der Waals surface area contributed by atoms with E-state index in [0.717, 1.165) is 0 Å². The van der Waals surface area contributed by atoms with Crippen LogP contribution >= 0.6 is 0 Å². The summed E-state index contributed by atoms with van der Waals surface area (Å²) >= 11 is 0. The fourth-order valence-corrected chi connectivity index (χ4v) is 7.12. The first kappa shape index (κ1) is 17.9. The number of piperazine rings is 1. The molecular formula is C16H21N3O5S2. The molecule has 0 aromatic heterocycles. The average Bonchev–Trinajstić information content (AvgIpc) is 3.15. The van der Waals surface area contributed by atoms with Gasteiger partial charge in [0.2, 0.25) is 15.9 Å². The minimum atomic E-state index is -3.62. The van der Waals surface area contributed by atoms with Crippen molar-refractivity contribution in [1.82, 2.24) is 9.21 Å². The molecule has 10 heteroatoms. The Morgan fingerprint density at radius 1 is 1.12 bits per heavy atom. The summed E-state index contributed by atoms with van der Waals surface area (Å²) in [6, 6.07) is 4.72. The van der Waals surface area contributed by atoms with Crippen LogP contribution in [0.2, 0.25) is 0 Å². The molecule has 0 spiro atoms. The van der Waals surface area contributed by atoms with Gasteiger partial charge in [-0.05, 0) is 30.2 Å². The van der Waals surface area contributed by atoms with Crippen LogP contribution in [0.4, 0.5) is 5.69 Å². The Bertz CT molecular complexity index is 950. The predicted molar refractivity (Wildman–Crippen MR) is 96.2 cm³/mol. The van der Waals surface area contributed by atoms with Crippen molar-refractivity contribution in [3.8, 4) is 0 Å². The van der Waals surface area contributed by atoms with Crippen LogP contribution in [0.3, 0.4) is 0 Å². The van der Waals surface area contributed by atoms with E-state index in [1.165, 1.54) is 10.4 Å². The average molecular weight is 399 g/mol. The second kappa shape index (κ2) is 6.29. The van der Waals surface area contributed by atoms with E-state index < -0.39 is 19.9 Å². The number of hydrogen-bond acceptors (Lipinski definition) is 6. The van der Waals surface area contributed by atoms with Crippen LogP contribution in [0.1, 0.15) is 12.0 Å². The van der Waals surface area contributed by atoms with Gasteiger partial charge in [0, 0.05) is 37.9 Å². The van der Waals surface area contributed by atoms with Crippen LogP contribution in [0.15, 0.2) is 23.1 Å². The van der Waals surface area contributed by atoms with E-state index in [-0.39, 0.29) is 34.8 Å². The molecule has 1 aromatic carbocycles. The molecule has 1 atom stereocenters. The van der Waals surface area contributed by atoms with Gasteiger partial charge in [0.15, 0.2) is 9.84 Å². The summed E-state index contributed by atoms with van der Waals surface area (Å²) in [6.45, 7) is 1.75. The minimum absolute atomic E-state index is 0.00179. The van der Waals surface area contributed by atoms with Gasteiger partial charge in [-0.3, -0.25) is 9.69 Å². The number of carbonyl (C=O) groups excluding carboxylic acids is 1. The number of hydrogen-bond donors (Lipinski definition) is 1. The first-order valence-electron chi connectivity index (χ1n) is 8.62. The minimum Gasteiger partial charge on any atom is -0.326 e. The van der Waals surface area contributed by atoms with Crippen LogP contribution < -0.4 is 5.32 Å². The number of rotatable bonds is 3. The van der Waals surface area contributed by atoms with E-state index in [1.807, 2.05) is 0 Å². The third-order valence-corrected chi connectivity index (χ3v) is 8.98. The molecular weight excluding hydrogens is 378 g/mol. The zero-order valence-electron chi connectivity index (χ0n) is 14.2. The fraction of sp³-hybridized carbons (Fsp3) is 0.562. The highest BCUT2D eigenvalue weighted by Crippen LogP contribution is 2.28. The molecule has 3 aliphatic heterocycles. The highest BCUT2D eigenvalue weighted by atomic mass is 32.2. The number of amides is 1. The number of fused-ring (bicyclic) bond motifs is 1. The van der Waals surface area contributed by atoms with Gasteiger partial charge in [-0.25, -0.2) is 16.8 Å². The van der Waals surface area contributed by atoms with Gasteiger partial charge in [-0.15, -0.1) is 0 Å². The SMILES string of the molecule is O=C1Cc2cc(S(=O)(=O)N3CCN([C@H]4CCS(=O)(=O)C4)CC3)ccc2N1. The van der Waals surface area contributed by atoms with E-state index in [4.69, 9.17) is 0 Å². The Kier molecular flexibility index (Phi) is 4.33. The molecule has 0 bridgehead atoms. The first-order valence-corrected chi connectivity index (χ1v) is 11.9. The Hall–Kier alpha value is -1.49. The Morgan fingerprint density at radius 3 is 2.50 bits per heavy atom. The van der Waals surface area contributed by atoms with Gasteiger partial charge >= 0.3 is 0 Å². The number of nitrogens with one attached hydrogen (secondary N) is 1. The maximum absolute atomic E-state index is 12.9. The lowest BCUT2D eigenvalue weighted by molar-refractivity contribution is -0.115. The Balaban J connectivity index is 1.45. The van der Waals surface area contributed by atoms with Crippen molar-refractivity contribution >= 4 is 31.5 Å². The van der Waals surface area contributed by atoms with Gasteiger partial charge in [0.1, 0.15) is 0 Å². The van der Waals surface area contributed by atoms with Crippen molar-refractivity contribution in [3.05, 3.63) is 23.8 Å². The predicted octanol–water partition coefficient (Wildman–Crippen LogP) is -0.325. The maximum Gasteiger partial charge on any atom is 0.243 e. The van der Waals surface area contributed by atoms with Crippen LogP contribution in [0.25, 0.3) is 0 Å². The lowest BCUT2D eigenvalue weighted by Crippen LogP contribution is -2.52. The molecule has 1 N–H and O–H groups in total. The van der Waals surface area contributed by atoms with Crippen LogP contribution in [-0.2, 0) is 31.1 Å². The molecule has 8 nitrogen and oxygen atoms in total. The smallest absolute Gasteiger partial charge is 0.243 e. The van der Waals surface area contributed by atoms with Crippen molar-refractivity contribution < 1.29 is 21.6 Å². The van der Waals surface area contributed by atoms with Crippen LogP contribution in [0.5, 0.6) is 0 Å². The molecule has 0 aliphatic carbocycles. The van der Waals surface area contributed by atoms with Gasteiger partial charge in [-0.2, -0.15) is 4.31 Å². The zero-order chi connectivity index (χ0) is 18.5. The summed E-state index contributed by atoms with van der Waals surface area (Å²) < 4.78 is 50.5. The largest absolute Gasteiger partial charge is 0.326 e. The molecule has 3 heterocycles. The molecule has 3 aliphatic rings. The second-order valence-electron chi connectivity index (χ2n) is 7.04. The monoisotopic (exact) mass is 399 g/mol. The molecule has 0 saturated carbocycles. The standard InChI is InChI=1S/C16H21N3O5S2/c20-16-10-12-9-14(1-2-15(12)17-16)26(23,24)19-6-4-18(5-7-19)13-3-8-25(21,22)11-13/h1-2,9,13H,3-8,10-11H2,(H,17,20)/t13-/m0/s1. The van der Waals surface area contributed by atoms with E-state index in [9.17, 15) is 21.6 Å². The highest BCUT2D eigenvalue weighted by Gasteiger charge is 2.36. The van der Waals surface area contributed by atoms with Crippen LogP contribution in [0, 0.1) is 0 Å². The number of sulfone groups is 1. The molecule has 1 amide bonds. The quantitative estimate of drug-likeness (QED) is 0.747. The second-order valence-corrected chi connectivity index (χ2v) is 11.2. The van der Waals surface area contributed by atoms with Crippen LogP contribution in [-0.4, -0.2) is 75.7 Å². The van der Waals surface area contributed by atoms with Crippen molar-refractivity contribution in [1.29, 1.82) is 0 Å². The molecule has 26 heavy (non-hydrogen) atoms. The van der Waals surface area contributed by atoms with E-state index in [0.29, 0.717) is 43.9 Å². The number of carbonyl (C=O) groups is 1. The topological polar surface area (TPSA) is 104 Å². The molecule has 142 valence electrons. The van der Waals surface area contributed by atoms with Crippen molar-refractivity contribution in [3.63, 3.8) is 0 Å².